The highest BCUT2D eigenvalue weighted by Crippen LogP contribution is 2.18. The molecule has 138 valence electrons. The number of hydrogen-bond donors (Lipinski definition) is 2. The van der Waals surface area contributed by atoms with E-state index in [-0.39, 0.29) is 11.3 Å². The van der Waals surface area contributed by atoms with E-state index < -0.39 is 24.5 Å². The quantitative estimate of drug-likeness (QED) is 0.824. The fraction of sp³-hybridized carbons (Fsp3) is 0.222. The number of rotatable bonds is 6. The van der Waals surface area contributed by atoms with Gasteiger partial charge in [-0.15, -0.1) is 0 Å². The van der Waals surface area contributed by atoms with Crippen molar-refractivity contribution in [1.82, 2.24) is 5.32 Å². The van der Waals surface area contributed by atoms with Crippen LogP contribution in [0.3, 0.4) is 0 Å². The molecular weight excluding hydrogens is 349 g/mol. The van der Waals surface area contributed by atoms with Crippen LogP contribution in [0, 0.1) is 0 Å². The standard InChI is InChI=1S/C18H17F3N2O3/c1-26-10-12-6-8-13(9-7-12)16(24)23-15-5-3-2-4-14(15)17(25)22-11-18(19,20)21/h2-9H,10-11H2,1H3,(H,22,25)(H,23,24). The van der Waals surface area contributed by atoms with Crippen molar-refractivity contribution in [1.29, 1.82) is 0 Å². The van der Waals surface area contributed by atoms with Gasteiger partial charge in [0, 0.05) is 12.7 Å². The largest absolute Gasteiger partial charge is 0.405 e. The van der Waals surface area contributed by atoms with E-state index in [2.05, 4.69) is 5.32 Å². The second kappa shape index (κ2) is 8.48. The summed E-state index contributed by atoms with van der Waals surface area (Å²) in [7, 11) is 1.56. The van der Waals surface area contributed by atoms with E-state index in [0.29, 0.717) is 12.2 Å². The molecule has 2 aromatic carbocycles. The summed E-state index contributed by atoms with van der Waals surface area (Å²) in [5, 5.41) is 4.33. The highest BCUT2D eigenvalue weighted by Gasteiger charge is 2.28. The number of methoxy groups -OCH3 is 1. The number of ether oxygens (including phenoxy) is 1. The van der Waals surface area contributed by atoms with E-state index >= 15 is 0 Å². The van der Waals surface area contributed by atoms with Gasteiger partial charge in [0.15, 0.2) is 0 Å². The molecule has 0 bridgehead atoms. The molecule has 0 aromatic heterocycles. The number of para-hydroxylation sites is 1. The van der Waals surface area contributed by atoms with Gasteiger partial charge in [-0.3, -0.25) is 9.59 Å². The van der Waals surface area contributed by atoms with Crippen molar-refractivity contribution < 1.29 is 27.5 Å². The number of hydrogen-bond acceptors (Lipinski definition) is 3. The first kappa shape index (κ1) is 19.5. The van der Waals surface area contributed by atoms with Gasteiger partial charge in [0.25, 0.3) is 11.8 Å². The van der Waals surface area contributed by atoms with E-state index in [1.807, 2.05) is 0 Å². The summed E-state index contributed by atoms with van der Waals surface area (Å²) in [6.45, 7) is -1.04. The number of anilines is 1. The molecule has 0 saturated heterocycles. The van der Waals surface area contributed by atoms with E-state index in [0.717, 1.165) is 5.56 Å². The summed E-state index contributed by atoms with van der Waals surface area (Å²) in [5.41, 5.74) is 1.30. The first-order valence-corrected chi connectivity index (χ1v) is 7.63. The summed E-state index contributed by atoms with van der Waals surface area (Å²) in [4.78, 5) is 24.3. The van der Waals surface area contributed by atoms with Crippen molar-refractivity contribution in [3.63, 3.8) is 0 Å². The molecule has 2 N–H and O–H groups in total. The summed E-state index contributed by atoms with van der Waals surface area (Å²) in [6, 6.07) is 12.5. The fourth-order valence-corrected chi connectivity index (χ4v) is 2.18. The van der Waals surface area contributed by atoms with Crippen LogP contribution in [0.2, 0.25) is 0 Å². The second-order valence-electron chi connectivity index (χ2n) is 5.43. The molecule has 0 unspecified atom stereocenters. The molecule has 0 saturated carbocycles. The zero-order valence-electron chi connectivity index (χ0n) is 13.9. The molecule has 5 nitrogen and oxygen atoms in total. The van der Waals surface area contributed by atoms with Crippen molar-refractivity contribution in [2.75, 3.05) is 19.0 Å². The van der Waals surface area contributed by atoms with Crippen molar-refractivity contribution in [3.05, 3.63) is 65.2 Å². The monoisotopic (exact) mass is 366 g/mol. The maximum Gasteiger partial charge on any atom is 0.405 e. The summed E-state index contributed by atoms with van der Waals surface area (Å²) >= 11 is 0. The van der Waals surface area contributed by atoms with Gasteiger partial charge < -0.3 is 15.4 Å². The van der Waals surface area contributed by atoms with Crippen LogP contribution in [0.1, 0.15) is 26.3 Å². The minimum Gasteiger partial charge on any atom is -0.380 e. The number of nitrogens with one attached hydrogen (secondary N) is 2. The number of benzene rings is 2. The maximum atomic E-state index is 12.3. The van der Waals surface area contributed by atoms with Crippen molar-refractivity contribution >= 4 is 17.5 Å². The van der Waals surface area contributed by atoms with E-state index in [1.165, 1.54) is 18.2 Å². The Morgan fingerprint density at radius 2 is 1.65 bits per heavy atom. The Morgan fingerprint density at radius 3 is 2.27 bits per heavy atom. The Kier molecular flexibility index (Phi) is 6.35. The van der Waals surface area contributed by atoms with Crippen LogP contribution in [0.4, 0.5) is 18.9 Å². The summed E-state index contributed by atoms with van der Waals surface area (Å²) in [5.74, 6) is -1.40. The molecule has 0 atom stereocenters. The average molecular weight is 366 g/mol. The zero-order valence-corrected chi connectivity index (χ0v) is 13.9. The van der Waals surface area contributed by atoms with Gasteiger partial charge in [0.1, 0.15) is 6.54 Å². The molecule has 26 heavy (non-hydrogen) atoms. The SMILES string of the molecule is COCc1ccc(C(=O)Nc2ccccc2C(=O)NCC(F)(F)F)cc1. The molecule has 2 rings (SSSR count). The van der Waals surface area contributed by atoms with Crippen LogP contribution in [-0.4, -0.2) is 31.6 Å². The van der Waals surface area contributed by atoms with E-state index in [4.69, 9.17) is 4.74 Å². The van der Waals surface area contributed by atoms with Gasteiger partial charge in [-0.25, -0.2) is 0 Å². The number of alkyl halides is 3. The maximum absolute atomic E-state index is 12.3. The average Bonchev–Trinajstić information content (AvgIpc) is 2.60. The third-order valence-corrected chi connectivity index (χ3v) is 3.40. The van der Waals surface area contributed by atoms with Crippen molar-refractivity contribution in [3.8, 4) is 0 Å². The predicted molar refractivity (Wildman–Crippen MR) is 89.9 cm³/mol. The lowest BCUT2D eigenvalue weighted by Gasteiger charge is -2.12. The minimum atomic E-state index is -4.52. The second-order valence-corrected chi connectivity index (χ2v) is 5.43. The lowest BCUT2D eigenvalue weighted by atomic mass is 10.1. The van der Waals surface area contributed by atoms with Gasteiger partial charge in [0.05, 0.1) is 17.9 Å². The van der Waals surface area contributed by atoms with Crippen LogP contribution in [0.15, 0.2) is 48.5 Å². The van der Waals surface area contributed by atoms with Crippen LogP contribution in [-0.2, 0) is 11.3 Å². The third-order valence-electron chi connectivity index (χ3n) is 3.40. The predicted octanol–water partition coefficient (Wildman–Crippen LogP) is 3.38. The van der Waals surface area contributed by atoms with Gasteiger partial charge in [-0.2, -0.15) is 13.2 Å². The Balaban J connectivity index is 2.11. The molecule has 0 aliphatic rings. The topological polar surface area (TPSA) is 67.4 Å². The van der Waals surface area contributed by atoms with Gasteiger partial charge in [-0.1, -0.05) is 24.3 Å². The molecule has 0 spiro atoms. The van der Waals surface area contributed by atoms with Gasteiger partial charge in [-0.05, 0) is 29.8 Å². The lowest BCUT2D eigenvalue weighted by Crippen LogP contribution is -2.34. The molecule has 0 fully saturated rings. The normalized spacial score (nSPS) is 11.1. The van der Waals surface area contributed by atoms with Crippen LogP contribution >= 0.6 is 0 Å². The van der Waals surface area contributed by atoms with Crippen molar-refractivity contribution in [2.45, 2.75) is 12.8 Å². The zero-order chi connectivity index (χ0) is 19.2. The van der Waals surface area contributed by atoms with Crippen molar-refractivity contribution in [2.24, 2.45) is 0 Å². The van der Waals surface area contributed by atoms with E-state index in [1.54, 1.807) is 42.8 Å². The van der Waals surface area contributed by atoms with Crippen LogP contribution in [0.25, 0.3) is 0 Å². The van der Waals surface area contributed by atoms with Gasteiger partial charge >= 0.3 is 6.18 Å². The number of carbonyl (C=O) groups is 2. The third kappa shape index (κ3) is 5.59. The molecule has 2 amide bonds. The first-order valence-electron chi connectivity index (χ1n) is 7.63. The highest BCUT2D eigenvalue weighted by atomic mass is 19.4. The van der Waals surface area contributed by atoms with Crippen LogP contribution < -0.4 is 10.6 Å². The highest BCUT2D eigenvalue weighted by molar-refractivity contribution is 6.09. The van der Waals surface area contributed by atoms with Gasteiger partial charge in [0.2, 0.25) is 0 Å². The smallest absolute Gasteiger partial charge is 0.380 e. The molecule has 0 aliphatic heterocycles. The Bertz CT molecular complexity index is 774. The first-order chi connectivity index (χ1) is 12.3. The minimum absolute atomic E-state index is 0.0545. The summed E-state index contributed by atoms with van der Waals surface area (Å²) in [6.07, 6.45) is -4.52. The molecule has 0 aliphatic carbocycles. The number of amides is 2. The molecule has 2 aromatic rings. The molecule has 0 radical (unpaired) electrons. The Morgan fingerprint density at radius 1 is 1.00 bits per heavy atom. The van der Waals surface area contributed by atoms with E-state index in [9.17, 15) is 22.8 Å². The summed E-state index contributed by atoms with van der Waals surface area (Å²) < 4.78 is 41.8. The fourth-order valence-electron chi connectivity index (χ4n) is 2.18. The van der Waals surface area contributed by atoms with Crippen LogP contribution in [0.5, 0.6) is 0 Å². The molecule has 0 heterocycles. The number of carbonyl (C=O) groups excluding carboxylic acids is 2. The molecular formula is C18H17F3N2O3. The Hall–Kier alpha value is -2.87. The Labute approximate surface area is 148 Å². The number of halogens is 3. The lowest BCUT2D eigenvalue weighted by molar-refractivity contribution is -0.123. The molecule has 8 heteroatoms.